The molecule has 0 saturated carbocycles. The summed E-state index contributed by atoms with van der Waals surface area (Å²) >= 11 is 0. The van der Waals surface area contributed by atoms with E-state index in [4.69, 9.17) is 9.15 Å². The van der Waals surface area contributed by atoms with Crippen LogP contribution in [0, 0.1) is 24.0 Å². The number of nitro groups is 1. The summed E-state index contributed by atoms with van der Waals surface area (Å²) < 4.78 is 12.6. The summed E-state index contributed by atoms with van der Waals surface area (Å²) in [4.78, 5) is 34.2. The van der Waals surface area contributed by atoms with Gasteiger partial charge in [0.15, 0.2) is 11.5 Å². The van der Waals surface area contributed by atoms with E-state index in [9.17, 15) is 19.7 Å². The second-order valence-corrected chi connectivity index (χ2v) is 6.89. The molecule has 3 rings (SSSR count). The lowest BCUT2D eigenvalue weighted by Crippen LogP contribution is -2.27. The van der Waals surface area contributed by atoms with Gasteiger partial charge in [-0.15, -0.1) is 0 Å². The molecule has 0 unspecified atom stereocenters. The van der Waals surface area contributed by atoms with Crippen molar-refractivity contribution in [3.05, 3.63) is 75.0 Å². The van der Waals surface area contributed by atoms with Crippen molar-refractivity contribution >= 4 is 17.4 Å². The fourth-order valence-corrected chi connectivity index (χ4v) is 3.05. The highest BCUT2D eigenvalue weighted by atomic mass is 16.6. The number of hydrogen-bond acceptors (Lipinski definition) is 7. The molecule has 1 aromatic carbocycles. The Kier molecular flexibility index (Phi) is 6.49. The molecule has 0 radical (unpaired) electrons. The first-order chi connectivity index (χ1) is 14.8. The molecule has 0 bridgehead atoms. The molecular weight excluding hydrogens is 404 g/mol. The SMILES string of the molecule is CC(=O)c1ccc(OCc2ccc(C(=O)NCCn3nc(C)c([N+](=O)[O-])c3C)o2)cc1. The average molecular weight is 426 g/mol. The van der Waals surface area contributed by atoms with Gasteiger partial charge in [0, 0.05) is 12.1 Å². The molecule has 10 nitrogen and oxygen atoms in total. The molecule has 1 amide bonds. The molecule has 2 heterocycles. The number of rotatable bonds is 9. The first-order valence-electron chi connectivity index (χ1n) is 9.55. The molecule has 0 aliphatic heterocycles. The maximum atomic E-state index is 12.3. The average Bonchev–Trinajstić information content (AvgIpc) is 3.31. The van der Waals surface area contributed by atoms with Crippen LogP contribution in [-0.2, 0) is 13.2 Å². The van der Waals surface area contributed by atoms with E-state index in [0.29, 0.717) is 35.0 Å². The van der Waals surface area contributed by atoms with Crippen molar-refractivity contribution < 1.29 is 23.7 Å². The largest absolute Gasteiger partial charge is 0.486 e. The van der Waals surface area contributed by atoms with E-state index in [1.165, 1.54) is 11.6 Å². The van der Waals surface area contributed by atoms with Crippen LogP contribution in [0.3, 0.4) is 0 Å². The third kappa shape index (κ3) is 5.16. The van der Waals surface area contributed by atoms with Crippen LogP contribution in [0.25, 0.3) is 0 Å². The number of nitrogens with one attached hydrogen (secondary N) is 1. The Hall–Kier alpha value is -3.95. The minimum Gasteiger partial charge on any atom is -0.486 e. The first-order valence-corrected chi connectivity index (χ1v) is 9.55. The Morgan fingerprint density at radius 2 is 1.90 bits per heavy atom. The van der Waals surface area contributed by atoms with Crippen molar-refractivity contribution in [1.29, 1.82) is 0 Å². The number of ketones is 1. The van der Waals surface area contributed by atoms with Crippen LogP contribution in [0.15, 0.2) is 40.8 Å². The molecule has 0 atom stereocenters. The van der Waals surface area contributed by atoms with Crippen LogP contribution >= 0.6 is 0 Å². The number of furan rings is 1. The zero-order chi connectivity index (χ0) is 22.5. The number of Topliss-reactive ketones (excluding diaryl/α,β-unsaturated/α-hetero) is 1. The molecule has 3 aromatic rings. The number of ether oxygens (including phenoxy) is 1. The normalized spacial score (nSPS) is 10.7. The molecule has 2 aromatic heterocycles. The molecule has 1 N–H and O–H groups in total. The highest BCUT2D eigenvalue weighted by molar-refractivity contribution is 5.94. The monoisotopic (exact) mass is 426 g/mol. The number of hydrogen-bond donors (Lipinski definition) is 1. The predicted octanol–water partition coefficient (Wildman–Crippen LogP) is 3.21. The van der Waals surface area contributed by atoms with Crippen molar-refractivity contribution in [2.75, 3.05) is 6.54 Å². The van der Waals surface area contributed by atoms with Crippen LogP contribution in [0.5, 0.6) is 5.75 Å². The van der Waals surface area contributed by atoms with Crippen LogP contribution in [-0.4, -0.2) is 32.9 Å². The topological polar surface area (TPSA) is 130 Å². The summed E-state index contributed by atoms with van der Waals surface area (Å²) in [6.45, 7) is 5.33. The smallest absolute Gasteiger partial charge is 0.312 e. The van der Waals surface area contributed by atoms with E-state index in [1.807, 2.05) is 0 Å². The van der Waals surface area contributed by atoms with Gasteiger partial charge in [0.25, 0.3) is 5.91 Å². The van der Waals surface area contributed by atoms with Gasteiger partial charge in [-0.1, -0.05) is 0 Å². The van der Waals surface area contributed by atoms with Crippen molar-refractivity contribution in [3.8, 4) is 5.75 Å². The van der Waals surface area contributed by atoms with Gasteiger partial charge in [0.1, 0.15) is 29.5 Å². The molecule has 0 aliphatic carbocycles. The minimum atomic E-state index is -0.461. The van der Waals surface area contributed by atoms with E-state index < -0.39 is 10.8 Å². The highest BCUT2D eigenvalue weighted by Gasteiger charge is 2.21. The summed E-state index contributed by atoms with van der Waals surface area (Å²) in [5, 5.41) is 17.9. The molecular formula is C21H22N4O6. The fraction of sp³-hybridized carbons (Fsp3) is 0.286. The van der Waals surface area contributed by atoms with E-state index in [2.05, 4.69) is 10.4 Å². The van der Waals surface area contributed by atoms with Crippen molar-refractivity contribution in [2.24, 2.45) is 0 Å². The van der Waals surface area contributed by atoms with Crippen LogP contribution in [0.2, 0.25) is 0 Å². The van der Waals surface area contributed by atoms with Crippen molar-refractivity contribution in [1.82, 2.24) is 15.1 Å². The number of aromatic nitrogens is 2. The molecule has 10 heteroatoms. The van der Waals surface area contributed by atoms with E-state index >= 15 is 0 Å². The predicted molar refractivity (Wildman–Crippen MR) is 110 cm³/mol. The second kappa shape index (κ2) is 9.24. The zero-order valence-electron chi connectivity index (χ0n) is 17.4. The molecule has 0 fully saturated rings. The second-order valence-electron chi connectivity index (χ2n) is 6.89. The molecule has 0 saturated heterocycles. The lowest BCUT2D eigenvalue weighted by molar-refractivity contribution is -0.386. The summed E-state index contributed by atoms with van der Waals surface area (Å²) in [6, 6.07) is 9.92. The molecule has 0 aliphatic rings. The van der Waals surface area contributed by atoms with Gasteiger partial charge in [-0.2, -0.15) is 5.10 Å². The summed E-state index contributed by atoms with van der Waals surface area (Å²) in [5.41, 5.74) is 1.35. The number of aryl methyl sites for hydroxylation is 1. The third-order valence-electron chi connectivity index (χ3n) is 4.66. The van der Waals surface area contributed by atoms with E-state index in [1.54, 1.807) is 50.2 Å². The fourth-order valence-electron chi connectivity index (χ4n) is 3.05. The number of nitrogens with zero attached hydrogens (tertiary/aromatic N) is 3. The third-order valence-corrected chi connectivity index (χ3v) is 4.66. The maximum Gasteiger partial charge on any atom is 0.312 e. The number of carbonyl (C=O) groups is 2. The van der Waals surface area contributed by atoms with Crippen LogP contribution in [0.4, 0.5) is 5.69 Å². The maximum absolute atomic E-state index is 12.3. The van der Waals surface area contributed by atoms with Gasteiger partial charge in [-0.05, 0) is 57.2 Å². The van der Waals surface area contributed by atoms with Gasteiger partial charge in [-0.25, -0.2) is 0 Å². The van der Waals surface area contributed by atoms with Gasteiger partial charge < -0.3 is 14.5 Å². The summed E-state index contributed by atoms with van der Waals surface area (Å²) in [7, 11) is 0. The highest BCUT2D eigenvalue weighted by Crippen LogP contribution is 2.21. The lowest BCUT2D eigenvalue weighted by atomic mass is 10.1. The molecule has 0 spiro atoms. The Morgan fingerprint density at radius 3 is 2.52 bits per heavy atom. The number of carbonyl (C=O) groups excluding carboxylic acids is 2. The van der Waals surface area contributed by atoms with Gasteiger partial charge in [0.05, 0.1) is 11.5 Å². The van der Waals surface area contributed by atoms with Gasteiger partial charge in [0.2, 0.25) is 0 Å². The Morgan fingerprint density at radius 1 is 1.19 bits per heavy atom. The summed E-state index contributed by atoms with van der Waals surface area (Å²) in [6.07, 6.45) is 0. The quantitative estimate of drug-likeness (QED) is 0.316. The lowest BCUT2D eigenvalue weighted by Gasteiger charge is -2.06. The van der Waals surface area contributed by atoms with Crippen LogP contribution in [0.1, 0.15) is 45.0 Å². The standard InChI is InChI=1S/C21H22N4O6/c1-13-20(25(28)29)14(2)24(23-13)11-10-22-21(27)19-9-8-18(31-19)12-30-17-6-4-16(5-7-17)15(3)26/h4-9H,10-12H2,1-3H3,(H,22,27). The van der Waals surface area contributed by atoms with Crippen LogP contribution < -0.4 is 10.1 Å². The van der Waals surface area contributed by atoms with Crippen molar-refractivity contribution in [3.63, 3.8) is 0 Å². The van der Waals surface area contributed by atoms with Crippen molar-refractivity contribution in [2.45, 2.75) is 33.9 Å². The first kappa shape index (κ1) is 21.8. The summed E-state index contributed by atoms with van der Waals surface area (Å²) in [5.74, 6) is 0.739. The van der Waals surface area contributed by atoms with E-state index in [0.717, 1.165) is 0 Å². The Balaban J connectivity index is 1.50. The van der Waals surface area contributed by atoms with E-state index in [-0.39, 0.29) is 30.4 Å². The minimum absolute atomic E-state index is 0.0158. The van der Waals surface area contributed by atoms with Gasteiger partial charge >= 0.3 is 5.69 Å². The zero-order valence-corrected chi connectivity index (χ0v) is 17.4. The molecule has 162 valence electrons. The number of amides is 1. The Labute approximate surface area is 178 Å². The Bertz CT molecular complexity index is 1110. The van der Waals surface area contributed by atoms with Gasteiger partial charge in [-0.3, -0.25) is 24.4 Å². The molecule has 31 heavy (non-hydrogen) atoms. The number of benzene rings is 1.